The molecule has 7 heteroatoms. The van der Waals surface area contributed by atoms with Gasteiger partial charge in [-0.05, 0) is 55.5 Å². The van der Waals surface area contributed by atoms with Gasteiger partial charge < -0.3 is 4.74 Å². The summed E-state index contributed by atoms with van der Waals surface area (Å²) in [4.78, 5) is 24.2. The molecule has 0 saturated carbocycles. The number of sulfone groups is 1. The van der Waals surface area contributed by atoms with E-state index in [1.54, 1.807) is 0 Å². The molecule has 2 aromatic rings. The molecule has 0 amide bonds. The van der Waals surface area contributed by atoms with E-state index in [1.165, 1.54) is 43.3 Å². The summed E-state index contributed by atoms with van der Waals surface area (Å²) in [5.41, 5.74) is 0.352. The van der Waals surface area contributed by atoms with E-state index in [2.05, 4.69) is 0 Å². The van der Waals surface area contributed by atoms with Crippen molar-refractivity contribution in [2.45, 2.75) is 17.9 Å². The SMILES string of the molecule is CC(OC(=O)c1ccc(S(C)(=O)=O)cc1)C(=O)c1ccc(F)cc1. The summed E-state index contributed by atoms with van der Waals surface area (Å²) in [6.07, 6.45) is 0.00146. The topological polar surface area (TPSA) is 77.5 Å². The van der Waals surface area contributed by atoms with Crippen LogP contribution in [0.5, 0.6) is 0 Å². The molecule has 0 fully saturated rings. The van der Waals surface area contributed by atoms with Crippen LogP contribution in [-0.2, 0) is 14.6 Å². The van der Waals surface area contributed by atoms with Gasteiger partial charge in [0.05, 0.1) is 10.5 Å². The number of ketones is 1. The van der Waals surface area contributed by atoms with E-state index in [-0.39, 0.29) is 16.0 Å². The monoisotopic (exact) mass is 350 g/mol. The van der Waals surface area contributed by atoms with Gasteiger partial charge in [-0.3, -0.25) is 4.79 Å². The van der Waals surface area contributed by atoms with Gasteiger partial charge in [-0.2, -0.15) is 0 Å². The van der Waals surface area contributed by atoms with E-state index in [0.717, 1.165) is 18.4 Å². The fourth-order valence-corrected chi connectivity index (χ4v) is 2.60. The van der Waals surface area contributed by atoms with Crippen LogP contribution < -0.4 is 0 Å². The van der Waals surface area contributed by atoms with E-state index in [9.17, 15) is 22.4 Å². The smallest absolute Gasteiger partial charge is 0.338 e. The molecule has 24 heavy (non-hydrogen) atoms. The van der Waals surface area contributed by atoms with E-state index >= 15 is 0 Å². The average Bonchev–Trinajstić information content (AvgIpc) is 2.54. The molecule has 0 N–H and O–H groups in total. The van der Waals surface area contributed by atoms with Crippen molar-refractivity contribution in [1.82, 2.24) is 0 Å². The Labute approximate surface area is 139 Å². The summed E-state index contributed by atoms with van der Waals surface area (Å²) >= 11 is 0. The van der Waals surface area contributed by atoms with Gasteiger partial charge in [0.2, 0.25) is 5.78 Å². The van der Waals surface area contributed by atoms with Gasteiger partial charge in [-0.1, -0.05) is 0 Å². The molecule has 1 atom stereocenters. The van der Waals surface area contributed by atoms with Crippen LogP contribution in [0.3, 0.4) is 0 Å². The molecule has 0 saturated heterocycles. The third-order valence-corrected chi connectivity index (χ3v) is 4.43. The summed E-state index contributed by atoms with van der Waals surface area (Å²) in [5, 5.41) is 0. The minimum atomic E-state index is -3.36. The Bertz CT molecular complexity index is 855. The minimum absolute atomic E-state index is 0.0782. The lowest BCUT2D eigenvalue weighted by atomic mass is 10.1. The molecule has 2 rings (SSSR count). The first kappa shape index (κ1) is 17.8. The molecular formula is C17H15FO5S. The molecule has 0 aliphatic carbocycles. The Balaban J connectivity index is 2.08. The van der Waals surface area contributed by atoms with Crippen molar-refractivity contribution in [3.05, 3.63) is 65.5 Å². The number of hydrogen-bond donors (Lipinski definition) is 0. The second-order valence-corrected chi connectivity index (χ2v) is 7.23. The quantitative estimate of drug-likeness (QED) is 0.612. The van der Waals surface area contributed by atoms with Crippen molar-refractivity contribution in [2.75, 3.05) is 6.26 Å². The predicted octanol–water partition coefficient (Wildman–Crippen LogP) is 2.66. The number of carbonyl (C=O) groups is 2. The Hall–Kier alpha value is -2.54. The summed E-state index contributed by atoms with van der Waals surface area (Å²) in [6, 6.07) is 10.1. The van der Waals surface area contributed by atoms with Crippen LogP contribution >= 0.6 is 0 Å². The number of rotatable bonds is 5. The number of hydrogen-bond acceptors (Lipinski definition) is 5. The number of ether oxygens (including phenoxy) is 1. The zero-order valence-electron chi connectivity index (χ0n) is 13.0. The average molecular weight is 350 g/mol. The molecule has 1 unspecified atom stereocenters. The van der Waals surface area contributed by atoms with Gasteiger partial charge >= 0.3 is 5.97 Å². The van der Waals surface area contributed by atoms with Crippen LogP contribution in [0.1, 0.15) is 27.6 Å². The van der Waals surface area contributed by atoms with Crippen LogP contribution in [0, 0.1) is 5.82 Å². The van der Waals surface area contributed by atoms with Crippen LogP contribution in [0.4, 0.5) is 4.39 Å². The first-order valence-electron chi connectivity index (χ1n) is 6.99. The highest BCUT2D eigenvalue weighted by atomic mass is 32.2. The molecule has 0 bridgehead atoms. The molecule has 0 spiro atoms. The van der Waals surface area contributed by atoms with Gasteiger partial charge in [0.15, 0.2) is 15.9 Å². The first-order valence-corrected chi connectivity index (χ1v) is 8.88. The van der Waals surface area contributed by atoms with Crippen molar-refractivity contribution in [3.63, 3.8) is 0 Å². The minimum Gasteiger partial charge on any atom is -0.451 e. The van der Waals surface area contributed by atoms with E-state index < -0.39 is 33.5 Å². The number of benzene rings is 2. The predicted molar refractivity (Wildman–Crippen MR) is 85.2 cm³/mol. The van der Waals surface area contributed by atoms with Crippen LogP contribution in [0.2, 0.25) is 0 Å². The van der Waals surface area contributed by atoms with Gasteiger partial charge in [0, 0.05) is 11.8 Å². The summed E-state index contributed by atoms with van der Waals surface area (Å²) in [5.74, 6) is -1.68. The zero-order valence-corrected chi connectivity index (χ0v) is 13.8. The lowest BCUT2D eigenvalue weighted by Gasteiger charge is -2.12. The van der Waals surface area contributed by atoms with Crippen molar-refractivity contribution in [1.29, 1.82) is 0 Å². The maximum absolute atomic E-state index is 12.9. The lowest BCUT2D eigenvalue weighted by Crippen LogP contribution is -2.24. The molecular weight excluding hydrogens is 335 g/mol. The van der Waals surface area contributed by atoms with Crippen LogP contribution in [0.15, 0.2) is 53.4 Å². The summed E-state index contributed by atoms with van der Waals surface area (Å²) in [7, 11) is -3.36. The van der Waals surface area contributed by atoms with Crippen LogP contribution in [0.25, 0.3) is 0 Å². The molecule has 2 aromatic carbocycles. The van der Waals surface area contributed by atoms with E-state index in [4.69, 9.17) is 4.74 Å². The molecule has 0 radical (unpaired) electrons. The maximum atomic E-state index is 12.9. The van der Waals surface area contributed by atoms with Gasteiger partial charge in [-0.25, -0.2) is 17.6 Å². The lowest BCUT2D eigenvalue weighted by molar-refractivity contribution is 0.0318. The third kappa shape index (κ3) is 4.26. The molecule has 0 aromatic heterocycles. The number of carbonyl (C=O) groups excluding carboxylic acids is 2. The summed E-state index contributed by atoms with van der Waals surface area (Å²) < 4.78 is 40.7. The normalized spacial score (nSPS) is 12.5. The standard InChI is InChI=1S/C17H15FO5S/c1-11(16(19)12-3-7-14(18)8-4-12)23-17(20)13-5-9-15(10-6-13)24(2,21)22/h3-11H,1-2H3. The van der Waals surface area contributed by atoms with Crippen molar-refractivity contribution < 1.29 is 27.1 Å². The largest absolute Gasteiger partial charge is 0.451 e. The van der Waals surface area contributed by atoms with Gasteiger partial charge in [0.1, 0.15) is 5.82 Å². The van der Waals surface area contributed by atoms with Gasteiger partial charge in [-0.15, -0.1) is 0 Å². The maximum Gasteiger partial charge on any atom is 0.338 e. The molecule has 0 aliphatic rings. The zero-order chi connectivity index (χ0) is 17.9. The van der Waals surface area contributed by atoms with E-state index in [1.807, 2.05) is 0 Å². The summed E-state index contributed by atoms with van der Waals surface area (Å²) in [6.45, 7) is 1.41. The molecule has 5 nitrogen and oxygen atoms in total. The second kappa shape index (κ2) is 6.92. The fourth-order valence-electron chi connectivity index (χ4n) is 1.97. The molecule has 0 aliphatic heterocycles. The Morgan fingerprint density at radius 1 is 0.958 bits per heavy atom. The van der Waals surface area contributed by atoms with Crippen molar-refractivity contribution >= 4 is 21.6 Å². The number of halogens is 1. The number of Topliss-reactive ketones (excluding diaryl/α,β-unsaturated/α-hetero) is 1. The highest BCUT2D eigenvalue weighted by molar-refractivity contribution is 7.90. The second-order valence-electron chi connectivity index (χ2n) is 5.22. The van der Waals surface area contributed by atoms with Crippen molar-refractivity contribution in [2.24, 2.45) is 0 Å². The Morgan fingerprint density at radius 2 is 1.46 bits per heavy atom. The number of esters is 1. The highest BCUT2D eigenvalue weighted by Crippen LogP contribution is 2.13. The highest BCUT2D eigenvalue weighted by Gasteiger charge is 2.20. The first-order chi connectivity index (χ1) is 11.2. The van der Waals surface area contributed by atoms with Crippen LogP contribution in [-0.4, -0.2) is 32.5 Å². The Kier molecular flexibility index (Phi) is 5.14. The van der Waals surface area contributed by atoms with Crippen molar-refractivity contribution in [3.8, 4) is 0 Å². The Morgan fingerprint density at radius 3 is 1.96 bits per heavy atom. The van der Waals surface area contributed by atoms with Gasteiger partial charge in [0.25, 0.3) is 0 Å². The molecule has 0 heterocycles. The fraction of sp³-hybridized carbons (Fsp3) is 0.176. The third-order valence-electron chi connectivity index (χ3n) is 3.30. The molecule has 126 valence electrons. The van der Waals surface area contributed by atoms with E-state index in [0.29, 0.717) is 0 Å².